The second kappa shape index (κ2) is 12.7. The van der Waals surface area contributed by atoms with Crippen molar-refractivity contribution in [3.63, 3.8) is 0 Å². The third-order valence-electron chi connectivity index (χ3n) is 7.40. The van der Waals surface area contributed by atoms with Crippen LogP contribution < -0.4 is 30.7 Å². The number of rotatable bonds is 10. The molecular weight excluding hydrogens is 559 g/mol. The molecule has 14 heteroatoms. The topological polar surface area (TPSA) is 138 Å². The number of ketones is 1. The first-order valence-corrected chi connectivity index (χ1v) is 13.3. The minimum Gasteiger partial charge on any atom is -0.496 e. The van der Waals surface area contributed by atoms with E-state index < -0.39 is 35.0 Å². The number of piperidine rings is 1. The molecule has 0 aliphatic carbocycles. The number of halogens is 3. The summed E-state index contributed by atoms with van der Waals surface area (Å²) < 4.78 is 50.6. The third-order valence-corrected chi connectivity index (χ3v) is 7.40. The van der Waals surface area contributed by atoms with Crippen molar-refractivity contribution < 1.29 is 41.8 Å². The molecule has 4 N–H and O–H groups in total. The summed E-state index contributed by atoms with van der Waals surface area (Å²) in [7, 11) is 2.73. The Bertz CT molecular complexity index is 1360. The minimum atomic E-state index is -4.67. The van der Waals surface area contributed by atoms with Gasteiger partial charge in [-0.1, -0.05) is 12.1 Å². The number of amides is 5. The standard InChI is InChI=1S/C28H32F3N5O6/c1-41-22-16-23(42-2)20(33-25(39)32-19-8-4-3-7-18(19)28(29,30)31)15-17(22)21(37)9-5-6-12-36-13-10-27(11-14-36)24(38)34-26(40)35-27/h3-4,7-8,15-16H,5-6,9-14H2,1-2H3,(H2,32,33,39)(H2,34,35,38,40). The smallest absolute Gasteiger partial charge is 0.418 e. The molecule has 226 valence electrons. The zero-order valence-corrected chi connectivity index (χ0v) is 23.2. The van der Waals surface area contributed by atoms with Crippen LogP contribution in [0.5, 0.6) is 11.5 Å². The highest BCUT2D eigenvalue weighted by atomic mass is 19.4. The van der Waals surface area contributed by atoms with E-state index in [4.69, 9.17) is 9.47 Å². The second-order valence-corrected chi connectivity index (χ2v) is 10.1. The Labute approximate surface area is 240 Å². The number of alkyl halides is 3. The number of nitrogens with one attached hydrogen (secondary N) is 4. The molecule has 2 saturated heterocycles. The van der Waals surface area contributed by atoms with E-state index in [1.165, 1.54) is 38.5 Å². The van der Waals surface area contributed by atoms with Gasteiger partial charge in [-0.3, -0.25) is 14.9 Å². The van der Waals surface area contributed by atoms with Crippen LogP contribution in [-0.2, 0) is 11.0 Å². The van der Waals surface area contributed by atoms with Crippen molar-refractivity contribution in [3.05, 3.63) is 47.5 Å². The first-order chi connectivity index (χ1) is 20.0. The van der Waals surface area contributed by atoms with Gasteiger partial charge in [-0.2, -0.15) is 13.2 Å². The predicted octanol–water partition coefficient (Wildman–Crippen LogP) is 4.39. The number of hydrogen-bond acceptors (Lipinski definition) is 7. The molecule has 2 fully saturated rings. The maximum absolute atomic E-state index is 13.3. The summed E-state index contributed by atoms with van der Waals surface area (Å²) in [6, 6.07) is 5.95. The Morgan fingerprint density at radius 2 is 1.64 bits per heavy atom. The Morgan fingerprint density at radius 3 is 2.26 bits per heavy atom. The van der Waals surface area contributed by atoms with Crippen molar-refractivity contribution in [2.75, 3.05) is 44.5 Å². The molecule has 2 aromatic carbocycles. The maximum Gasteiger partial charge on any atom is 0.418 e. The number of anilines is 2. The molecule has 2 aromatic rings. The highest BCUT2D eigenvalue weighted by molar-refractivity contribution is 6.07. The number of ether oxygens (including phenoxy) is 2. The lowest BCUT2D eigenvalue weighted by atomic mass is 9.87. The largest absolute Gasteiger partial charge is 0.496 e. The van der Waals surface area contributed by atoms with Gasteiger partial charge in [0.2, 0.25) is 0 Å². The monoisotopic (exact) mass is 591 g/mol. The zero-order valence-electron chi connectivity index (χ0n) is 23.2. The molecular formula is C28H32F3N5O6. The number of hydrogen-bond donors (Lipinski definition) is 4. The number of para-hydroxylation sites is 1. The van der Waals surface area contributed by atoms with E-state index in [9.17, 15) is 32.3 Å². The van der Waals surface area contributed by atoms with Crippen LogP contribution in [0, 0.1) is 0 Å². The molecule has 2 aliphatic heterocycles. The van der Waals surface area contributed by atoms with Crippen molar-refractivity contribution in [2.24, 2.45) is 0 Å². The highest BCUT2D eigenvalue weighted by Crippen LogP contribution is 2.36. The van der Waals surface area contributed by atoms with E-state index in [1.807, 2.05) is 0 Å². The summed E-state index contributed by atoms with van der Waals surface area (Å²) in [6.07, 6.45) is -2.19. The molecule has 0 bridgehead atoms. The molecule has 2 aliphatic rings. The van der Waals surface area contributed by atoms with Crippen molar-refractivity contribution in [1.29, 1.82) is 0 Å². The molecule has 0 atom stereocenters. The van der Waals surface area contributed by atoms with Crippen LogP contribution in [0.25, 0.3) is 0 Å². The van der Waals surface area contributed by atoms with Crippen LogP contribution in [0.15, 0.2) is 36.4 Å². The van der Waals surface area contributed by atoms with Gasteiger partial charge in [0.25, 0.3) is 5.91 Å². The molecule has 2 heterocycles. The molecule has 0 unspecified atom stereocenters. The van der Waals surface area contributed by atoms with E-state index in [1.54, 1.807) is 0 Å². The summed E-state index contributed by atoms with van der Waals surface area (Å²) in [6.45, 7) is 1.99. The summed E-state index contributed by atoms with van der Waals surface area (Å²) >= 11 is 0. The van der Waals surface area contributed by atoms with Crippen molar-refractivity contribution in [3.8, 4) is 11.5 Å². The summed E-state index contributed by atoms with van der Waals surface area (Å²) in [4.78, 5) is 51.6. The maximum atomic E-state index is 13.3. The fourth-order valence-electron chi connectivity index (χ4n) is 5.12. The lowest BCUT2D eigenvalue weighted by Gasteiger charge is -2.36. The molecule has 5 amide bonds. The Kier molecular flexibility index (Phi) is 9.24. The first kappa shape index (κ1) is 30.6. The normalized spacial score (nSPS) is 16.5. The molecule has 0 saturated carbocycles. The number of urea groups is 2. The van der Waals surface area contributed by atoms with Gasteiger partial charge in [0.05, 0.1) is 36.7 Å². The van der Waals surface area contributed by atoms with E-state index in [-0.39, 0.29) is 40.9 Å². The number of carbonyl (C=O) groups is 4. The molecule has 42 heavy (non-hydrogen) atoms. The Balaban J connectivity index is 1.34. The van der Waals surface area contributed by atoms with Crippen LogP contribution in [0.2, 0.25) is 0 Å². The van der Waals surface area contributed by atoms with Gasteiger partial charge in [-0.15, -0.1) is 0 Å². The van der Waals surface area contributed by atoms with E-state index in [0.29, 0.717) is 45.3 Å². The van der Waals surface area contributed by atoms with Crippen molar-refractivity contribution in [1.82, 2.24) is 15.5 Å². The number of Topliss-reactive ketones (excluding diaryl/α,β-unsaturated/α-hetero) is 1. The number of carbonyl (C=O) groups excluding carboxylic acids is 4. The van der Waals surface area contributed by atoms with Crippen LogP contribution in [-0.4, -0.2) is 68.0 Å². The van der Waals surface area contributed by atoms with Crippen LogP contribution in [0.3, 0.4) is 0 Å². The number of likely N-dealkylation sites (tertiary alicyclic amines) is 1. The number of nitrogens with zero attached hydrogens (tertiary/aromatic N) is 1. The molecule has 0 aromatic heterocycles. The molecule has 4 rings (SSSR count). The molecule has 0 radical (unpaired) electrons. The van der Waals surface area contributed by atoms with Gasteiger partial charge in [-0.05, 0) is 50.4 Å². The quantitative estimate of drug-likeness (QED) is 0.183. The van der Waals surface area contributed by atoms with Gasteiger partial charge in [0.1, 0.15) is 17.0 Å². The van der Waals surface area contributed by atoms with Gasteiger partial charge < -0.3 is 30.3 Å². The summed E-state index contributed by atoms with van der Waals surface area (Å²) in [5.41, 5.74) is -2.00. The van der Waals surface area contributed by atoms with Crippen LogP contribution in [0.4, 0.5) is 34.1 Å². The van der Waals surface area contributed by atoms with Gasteiger partial charge >= 0.3 is 18.2 Å². The predicted molar refractivity (Wildman–Crippen MR) is 147 cm³/mol. The van der Waals surface area contributed by atoms with E-state index in [0.717, 1.165) is 12.1 Å². The summed E-state index contributed by atoms with van der Waals surface area (Å²) in [5.74, 6) is -0.159. The Morgan fingerprint density at radius 1 is 0.976 bits per heavy atom. The average Bonchev–Trinajstić information content (AvgIpc) is 3.22. The Hall–Kier alpha value is -4.33. The van der Waals surface area contributed by atoms with Crippen molar-refractivity contribution >= 4 is 35.1 Å². The second-order valence-electron chi connectivity index (χ2n) is 10.1. The number of methoxy groups -OCH3 is 2. The van der Waals surface area contributed by atoms with Gasteiger partial charge in [-0.25, -0.2) is 9.59 Å². The number of imide groups is 1. The van der Waals surface area contributed by atoms with E-state index >= 15 is 0 Å². The third kappa shape index (κ3) is 6.93. The fraction of sp³-hybridized carbons (Fsp3) is 0.429. The van der Waals surface area contributed by atoms with Gasteiger partial charge in [0.15, 0.2) is 5.78 Å². The number of benzene rings is 2. The minimum absolute atomic E-state index is 0.0777. The SMILES string of the molecule is COc1cc(OC)c(C(=O)CCCCN2CCC3(CC2)NC(=O)NC3=O)cc1NC(=O)Nc1ccccc1C(F)(F)F. The zero-order chi connectivity index (χ0) is 30.5. The molecule has 11 nitrogen and oxygen atoms in total. The van der Waals surface area contributed by atoms with Crippen LogP contribution in [0.1, 0.15) is 48.0 Å². The molecule has 1 spiro atoms. The lowest BCUT2D eigenvalue weighted by molar-refractivity contribution is -0.137. The van der Waals surface area contributed by atoms with Gasteiger partial charge in [0, 0.05) is 25.6 Å². The lowest BCUT2D eigenvalue weighted by Crippen LogP contribution is -2.54. The first-order valence-electron chi connectivity index (χ1n) is 13.3. The van der Waals surface area contributed by atoms with Crippen LogP contribution >= 0.6 is 0 Å². The van der Waals surface area contributed by atoms with E-state index in [2.05, 4.69) is 26.2 Å². The van der Waals surface area contributed by atoms with Crippen molar-refractivity contribution in [2.45, 2.75) is 43.8 Å². The number of unbranched alkanes of at least 4 members (excludes halogenated alkanes) is 1. The fourth-order valence-corrected chi connectivity index (χ4v) is 5.12. The average molecular weight is 592 g/mol. The highest BCUT2D eigenvalue weighted by Gasteiger charge is 2.47. The summed E-state index contributed by atoms with van der Waals surface area (Å²) in [5, 5.41) is 9.68.